The highest BCUT2D eigenvalue weighted by Crippen LogP contribution is 2.39. The first kappa shape index (κ1) is 13.6. The Morgan fingerprint density at radius 2 is 2.06 bits per heavy atom. The molecule has 1 atom stereocenters. The maximum atomic E-state index is 12.5. The van der Waals surface area contributed by atoms with Gasteiger partial charge in [-0.1, -0.05) is 0 Å². The summed E-state index contributed by atoms with van der Waals surface area (Å²) >= 11 is -2.52. The van der Waals surface area contributed by atoms with E-state index in [2.05, 4.69) is 0 Å². The first-order valence-corrected chi connectivity index (χ1v) is 5.28. The lowest BCUT2D eigenvalue weighted by Gasteiger charge is -2.14. The molecule has 9 heteroatoms. The van der Waals surface area contributed by atoms with Gasteiger partial charge in [0, 0.05) is 0 Å². The molecule has 5 nitrogen and oxygen atoms in total. The second kappa shape index (κ2) is 4.80. The minimum Gasteiger partial charge on any atom is -0.492 e. The van der Waals surface area contributed by atoms with Crippen LogP contribution in [0.3, 0.4) is 0 Å². The van der Waals surface area contributed by atoms with Gasteiger partial charge < -0.3 is 10.5 Å². The van der Waals surface area contributed by atoms with Gasteiger partial charge in [-0.3, -0.25) is 9.27 Å². The summed E-state index contributed by atoms with van der Waals surface area (Å²) in [5.74, 6) is -0.125. The van der Waals surface area contributed by atoms with Gasteiger partial charge in [0.1, 0.15) is 0 Å². The van der Waals surface area contributed by atoms with Crippen molar-refractivity contribution < 1.29 is 26.7 Å². The van der Waals surface area contributed by atoms with Crippen LogP contribution in [0, 0.1) is 0 Å². The Bertz CT molecular complexity index is 450. The zero-order valence-electron chi connectivity index (χ0n) is 8.54. The average Bonchev–Trinajstić information content (AvgIpc) is 2.14. The molecule has 0 aliphatic heterocycles. The fourth-order valence-electron chi connectivity index (χ4n) is 1.21. The van der Waals surface area contributed by atoms with Crippen LogP contribution in [-0.2, 0) is 17.4 Å². The van der Waals surface area contributed by atoms with E-state index in [4.69, 9.17) is 15.0 Å². The highest BCUT2D eigenvalue weighted by molar-refractivity contribution is 7.80. The van der Waals surface area contributed by atoms with Crippen molar-refractivity contribution >= 4 is 22.6 Å². The molecule has 4 N–H and O–H groups in total. The first-order valence-electron chi connectivity index (χ1n) is 4.18. The molecule has 96 valence electrons. The predicted molar refractivity (Wildman–Crippen MR) is 56.8 cm³/mol. The largest absolute Gasteiger partial charge is 0.492 e. The van der Waals surface area contributed by atoms with Crippen molar-refractivity contribution in [3.05, 3.63) is 17.7 Å². The molecule has 0 aliphatic carbocycles. The van der Waals surface area contributed by atoms with Crippen LogP contribution in [0.5, 0.6) is 5.75 Å². The highest BCUT2D eigenvalue weighted by atomic mass is 32.2. The van der Waals surface area contributed by atoms with Crippen molar-refractivity contribution in [3.63, 3.8) is 0 Å². The van der Waals surface area contributed by atoms with E-state index in [1.54, 1.807) is 0 Å². The van der Waals surface area contributed by atoms with Gasteiger partial charge in [-0.05, 0) is 12.1 Å². The summed E-state index contributed by atoms with van der Waals surface area (Å²) in [6, 6.07) is 1.33. The van der Waals surface area contributed by atoms with Crippen molar-refractivity contribution in [3.8, 4) is 5.75 Å². The van der Waals surface area contributed by atoms with Gasteiger partial charge in [-0.25, -0.2) is 4.21 Å². The number of ether oxygens (including phenoxy) is 1. The molecule has 1 aromatic carbocycles. The smallest absolute Gasteiger partial charge is 0.416 e. The topological polar surface area (TPSA) is 84.6 Å². The fourth-order valence-corrected chi connectivity index (χ4v) is 1.55. The fraction of sp³-hybridized carbons (Fsp3) is 0.250. The Hall–Kier alpha value is -1.48. The van der Waals surface area contributed by atoms with E-state index < -0.39 is 23.0 Å². The third-order valence-electron chi connectivity index (χ3n) is 1.85. The maximum absolute atomic E-state index is 12.5. The van der Waals surface area contributed by atoms with Crippen molar-refractivity contribution in [2.45, 2.75) is 6.18 Å². The van der Waals surface area contributed by atoms with Crippen LogP contribution in [0.1, 0.15) is 5.56 Å². The third-order valence-corrected chi connectivity index (χ3v) is 2.24. The van der Waals surface area contributed by atoms with Gasteiger partial charge in [0.15, 0.2) is 5.75 Å². The normalized spacial score (nSPS) is 13.2. The minimum absolute atomic E-state index is 0.125. The molecular weight excluding hydrogens is 261 g/mol. The number of methoxy groups -OCH3 is 1. The lowest BCUT2D eigenvalue weighted by atomic mass is 10.1. The Kier molecular flexibility index (Phi) is 3.83. The molecule has 0 saturated heterocycles. The van der Waals surface area contributed by atoms with Gasteiger partial charge in [-0.15, -0.1) is 0 Å². The summed E-state index contributed by atoms with van der Waals surface area (Å²) in [4.78, 5) is 0. The number of alkyl halides is 3. The summed E-state index contributed by atoms with van der Waals surface area (Å²) < 4.78 is 63.1. The number of nitrogens with one attached hydrogen (secondary N) is 1. The molecule has 0 spiro atoms. The van der Waals surface area contributed by atoms with E-state index in [0.717, 1.165) is 0 Å². The summed E-state index contributed by atoms with van der Waals surface area (Å²) in [7, 11) is 1.18. The SMILES string of the molecule is COc1c(N)cc(C(F)(F)F)cc1NS(=O)O. The maximum Gasteiger partial charge on any atom is 0.416 e. The predicted octanol–water partition coefficient (Wildman–Crippen LogP) is 1.84. The number of anilines is 2. The van der Waals surface area contributed by atoms with Gasteiger partial charge in [0.05, 0.1) is 24.0 Å². The second-order valence-electron chi connectivity index (χ2n) is 3.00. The number of halogens is 3. The zero-order valence-corrected chi connectivity index (χ0v) is 9.35. The second-order valence-corrected chi connectivity index (χ2v) is 3.70. The summed E-state index contributed by atoms with van der Waals surface area (Å²) in [5.41, 5.74) is 3.73. The van der Waals surface area contributed by atoms with Crippen LogP contribution in [0.4, 0.5) is 24.5 Å². The molecular formula is C8H9F3N2O3S. The van der Waals surface area contributed by atoms with E-state index in [-0.39, 0.29) is 17.1 Å². The van der Waals surface area contributed by atoms with Crippen LogP contribution in [-0.4, -0.2) is 15.9 Å². The monoisotopic (exact) mass is 270 g/mol. The summed E-state index contributed by atoms with van der Waals surface area (Å²) in [6.07, 6.45) is -4.60. The number of hydrogen-bond acceptors (Lipinski definition) is 3. The van der Waals surface area contributed by atoms with E-state index in [1.165, 1.54) is 7.11 Å². The van der Waals surface area contributed by atoms with Crippen molar-refractivity contribution in [2.24, 2.45) is 0 Å². The standard InChI is InChI=1S/C8H9F3N2O3S/c1-16-7-5(12)2-4(8(9,10)11)3-6(7)13-17(14)15/h2-3,13H,12H2,1H3,(H,14,15). The molecule has 17 heavy (non-hydrogen) atoms. The molecule has 0 saturated carbocycles. The molecule has 0 aromatic heterocycles. The summed E-state index contributed by atoms with van der Waals surface area (Å²) in [6.45, 7) is 0. The molecule has 0 fully saturated rings. The molecule has 1 aromatic rings. The molecule has 0 heterocycles. The Morgan fingerprint density at radius 3 is 2.47 bits per heavy atom. The van der Waals surface area contributed by atoms with Crippen LogP contribution >= 0.6 is 0 Å². The highest BCUT2D eigenvalue weighted by Gasteiger charge is 2.32. The molecule has 1 rings (SSSR count). The number of nitrogens with two attached hydrogens (primary N) is 1. The average molecular weight is 270 g/mol. The van der Waals surface area contributed by atoms with Crippen molar-refractivity contribution in [2.75, 3.05) is 17.6 Å². The van der Waals surface area contributed by atoms with Gasteiger partial charge in [0.25, 0.3) is 11.3 Å². The Labute approximate surface area is 97.2 Å². The van der Waals surface area contributed by atoms with E-state index in [9.17, 15) is 17.4 Å². The number of rotatable bonds is 3. The molecule has 0 amide bonds. The summed E-state index contributed by atoms with van der Waals surface area (Å²) in [5, 5.41) is 0. The lowest BCUT2D eigenvalue weighted by Crippen LogP contribution is -2.10. The molecule has 0 aliphatic rings. The molecule has 0 radical (unpaired) electrons. The quantitative estimate of drug-likeness (QED) is 0.578. The van der Waals surface area contributed by atoms with Crippen molar-refractivity contribution in [1.82, 2.24) is 0 Å². The van der Waals surface area contributed by atoms with Crippen molar-refractivity contribution in [1.29, 1.82) is 0 Å². The third kappa shape index (κ3) is 3.24. The number of hydrogen-bond donors (Lipinski definition) is 3. The number of benzene rings is 1. The van der Waals surface area contributed by atoms with E-state index >= 15 is 0 Å². The Morgan fingerprint density at radius 1 is 1.47 bits per heavy atom. The van der Waals surface area contributed by atoms with Crippen LogP contribution < -0.4 is 15.2 Å². The molecule has 0 bridgehead atoms. The molecule has 1 unspecified atom stereocenters. The number of nitrogen functional groups attached to an aromatic ring is 1. The van der Waals surface area contributed by atoms with Crippen LogP contribution in [0.25, 0.3) is 0 Å². The lowest BCUT2D eigenvalue weighted by molar-refractivity contribution is -0.137. The minimum atomic E-state index is -4.60. The Balaban J connectivity index is 3.33. The van der Waals surface area contributed by atoms with Crippen LogP contribution in [0.15, 0.2) is 12.1 Å². The first-order chi connectivity index (χ1) is 7.75. The van der Waals surface area contributed by atoms with Gasteiger partial charge in [-0.2, -0.15) is 13.2 Å². The zero-order chi connectivity index (χ0) is 13.2. The van der Waals surface area contributed by atoms with Gasteiger partial charge >= 0.3 is 6.18 Å². The van der Waals surface area contributed by atoms with Crippen LogP contribution in [0.2, 0.25) is 0 Å². The van der Waals surface area contributed by atoms with Gasteiger partial charge in [0.2, 0.25) is 0 Å². The van der Waals surface area contributed by atoms with E-state index in [0.29, 0.717) is 12.1 Å². The van der Waals surface area contributed by atoms with E-state index in [1.807, 2.05) is 4.72 Å².